The summed E-state index contributed by atoms with van der Waals surface area (Å²) in [5.74, 6) is 6.06. The summed E-state index contributed by atoms with van der Waals surface area (Å²) in [5.41, 5.74) is 10.6. The molecule has 1 unspecified atom stereocenters. The SMILES string of the molecule is CCCOc1ccc(C(NN)c2cc(F)ccc2N)cc1. The number of hydrogen-bond acceptors (Lipinski definition) is 4. The molecule has 112 valence electrons. The van der Waals surface area contributed by atoms with Crippen LogP contribution in [0, 0.1) is 5.82 Å². The van der Waals surface area contributed by atoms with Crippen molar-refractivity contribution in [2.24, 2.45) is 5.84 Å². The van der Waals surface area contributed by atoms with Crippen molar-refractivity contribution < 1.29 is 9.13 Å². The molecule has 0 radical (unpaired) electrons. The molecule has 0 spiro atoms. The van der Waals surface area contributed by atoms with Crippen molar-refractivity contribution in [1.82, 2.24) is 5.43 Å². The Labute approximate surface area is 123 Å². The molecular formula is C16H20FN3O. The fourth-order valence-electron chi connectivity index (χ4n) is 2.14. The molecule has 0 aromatic heterocycles. The highest BCUT2D eigenvalue weighted by molar-refractivity contribution is 5.51. The molecule has 0 bridgehead atoms. The summed E-state index contributed by atoms with van der Waals surface area (Å²) in [5, 5.41) is 0. The highest BCUT2D eigenvalue weighted by atomic mass is 19.1. The standard InChI is InChI=1S/C16H20FN3O/c1-2-9-21-13-6-3-11(4-7-13)16(20-19)14-10-12(17)5-8-15(14)18/h3-8,10,16,20H,2,9,18-19H2,1H3. The Morgan fingerprint density at radius 2 is 1.90 bits per heavy atom. The molecule has 0 saturated heterocycles. The van der Waals surface area contributed by atoms with Gasteiger partial charge in [-0.1, -0.05) is 19.1 Å². The summed E-state index contributed by atoms with van der Waals surface area (Å²) in [6, 6.07) is 11.4. The van der Waals surface area contributed by atoms with Gasteiger partial charge in [-0.15, -0.1) is 0 Å². The van der Waals surface area contributed by atoms with E-state index < -0.39 is 0 Å². The number of hydrazine groups is 1. The van der Waals surface area contributed by atoms with Crippen LogP contribution in [0.2, 0.25) is 0 Å². The first-order valence-corrected chi connectivity index (χ1v) is 6.89. The van der Waals surface area contributed by atoms with Gasteiger partial charge < -0.3 is 10.5 Å². The summed E-state index contributed by atoms with van der Waals surface area (Å²) >= 11 is 0. The van der Waals surface area contributed by atoms with Crippen LogP contribution in [0.5, 0.6) is 5.75 Å². The van der Waals surface area contributed by atoms with Gasteiger partial charge in [-0.05, 0) is 42.3 Å². The number of nitrogens with one attached hydrogen (secondary N) is 1. The summed E-state index contributed by atoms with van der Waals surface area (Å²) < 4.78 is 19.0. The lowest BCUT2D eigenvalue weighted by Crippen LogP contribution is -2.29. The number of hydrogen-bond donors (Lipinski definition) is 3. The number of anilines is 1. The third kappa shape index (κ3) is 3.71. The van der Waals surface area contributed by atoms with Crippen LogP contribution >= 0.6 is 0 Å². The first-order chi connectivity index (χ1) is 10.2. The Hall–Kier alpha value is -2.11. The van der Waals surface area contributed by atoms with Crippen LogP contribution in [0.3, 0.4) is 0 Å². The molecule has 0 amide bonds. The zero-order valence-electron chi connectivity index (χ0n) is 12.0. The molecule has 5 N–H and O–H groups in total. The van der Waals surface area contributed by atoms with Crippen LogP contribution in [-0.4, -0.2) is 6.61 Å². The van der Waals surface area contributed by atoms with E-state index in [1.165, 1.54) is 18.2 Å². The number of benzene rings is 2. The molecule has 2 aromatic carbocycles. The maximum atomic E-state index is 13.4. The third-order valence-electron chi connectivity index (χ3n) is 3.21. The van der Waals surface area contributed by atoms with E-state index in [2.05, 4.69) is 12.3 Å². The molecule has 21 heavy (non-hydrogen) atoms. The second-order valence-corrected chi connectivity index (χ2v) is 4.79. The minimum Gasteiger partial charge on any atom is -0.494 e. The quantitative estimate of drug-likeness (QED) is 0.434. The Morgan fingerprint density at radius 3 is 2.52 bits per heavy atom. The van der Waals surface area contributed by atoms with Gasteiger partial charge in [0.15, 0.2) is 0 Å². The average Bonchev–Trinajstić information content (AvgIpc) is 2.50. The predicted octanol–water partition coefficient (Wildman–Crippen LogP) is 2.75. The molecular weight excluding hydrogens is 269 g/mol. The van der Waals surface area contributed by atoms with Crippen molar-refractivity contribution in [2.75, 3.05) is 12.3 Å². The molecule has 0 aliphatic rings. The van der Waals surface area contributed by atoms with E-state index in [4.69, 9.17) is 16.3 Å². The van der Waals surface area contributed by atoms with E-state index in [0.717, 1.165) is 17.7 Å². The van der Waals surface area contributed by atoms with Crippen LogP contribution in [-0.2, 0) is 0 Å². The largest absolute Gasteiger partial charge is 0.494 e. The molecule has 2 rings (SSSR count). The second-order valence-electron chi connectivity index (χ2n) is 4.79. The molecule has 0 fully saturated rings. The van der Waals surface area contributed by atoms with E-state index in [9.17, 15) is 4.39 Å². The van der Waals surface area contributed by atoms with Crippen LogP contribution in [0.1, 0.15) is 30.5 Å². The number of halogens is 1. The van der Waals surface area contributed by atoms with Crippen molar-refractivity contribution in [1.29, 1.82) is 0 Å². The van der Waals surface area contributed by atoms with Gasteiger partial charge in [-0.25, -0.2) is 9.82 Å². The molecule has 0 aliphatic carbocycles. The van der Waals surface area contributed by atoms with E-state index >= 15 is 0 Å². The monoisotopic (exact) mass is 289 g/mol. The maximum absolute atomic E-state index is 13.4. The molecule has 0 heterocycles. The molecule has 2 aromatic rings. The second kappa shape index (κ2) is 7.06. The number of ether oxygens (including phenoxy) is 1. The first kappa shape index (κ1) is 15.3. The third-order valence-corrected chi connectivity index (χ3v) is 3.21. The predicted molar refractivity (Wildman–Crippen MR) is 82.2 cm³/mol. The van der Waals surface area contributed by atoms with Gasteiger partial charge in [0.2, 0.25) is 0 Å². The number of rotatable bonds is 6. The Balaban J connectivity index is 2.26. The first-order valence-electron chi connectivity index (χ1n) is 6.89. The van der Waals surface area contributed by atoms with Gasteiger partial charge in [0.1, 0.15) is 11.6 Å². The van der Waals surface area contributed by atoms with Crippen LogP contribution < -0.4 is 21.7 Å². The lowest BCUT2D eigenvalue weighted by Gasteiger charge is -2.19. The minimum absolute atomic E-state index is 0.345. The summed E-state index contributed by atoms with van der Waals surface area (Å²) in [4.78, 5) is 0. The smallest absolute Gasteiger partial charge is 0.123 e. The maximum Gasteiger partial charge on any atom is 0.123 e. The van der Waals surface area contributed by atoms with Gasteiger partial charge in [0, 0.05) is 11.3 Å². The number of nitrogens with two attached hydrogens (primary N) is 2. The average molecular weight is 289 g/mol. The highest BCUT2D eigenvalue weighted by Crippen LogP contribution is 2.28. The Morgan fingerprint density at radius 1 is 1.19 bits per heavy atom. The van der Waals surface area contributed by atoms with Crippen molar-refractivity contribution in [2.45, 2.75) is 19.4 Å². The lowest BCUT2D eigenvalue weighted by atomic mass is 9.97. The fourth-order valence-corrected chi connectivity index (χ4v) is 2.14. The van der Waals surface area contributed by atoms with Gasteiger partial charge >= 0.3 is 0 Å². The zero-order chi connectivity index (χ0) is 15.2. The minimum atomic E-state index is -0.374. The normalized spacial score (nSPS) is 12.1. The molecule has 4 nitrogen and oxygen atoms in total. The lowest BCUT2D eigenvalue weighted by molar-refractivity contribution is 0.317. The summed E-state index contributed by atoms with van der Waals surface area (Å²) in [6.07, 6.45) is 0.953. The van der Waals surface area contributed by atoms with Crippen LogP contribution in [0.4, 0.5) is 10.1 Å². The zero-order valence-corrected chi connectivity index (χ0v) is 12.0. The van der Waals surface area contributed by atoms with Gasteiger partial charge in [0.25, 0.3) is 0 Å². The van der Waals surface area contributed by atoms with Gasteiger partial charge in [-0.3, -0.25) is 5.84 Å². The van der Waals surface area contributed by atoms with Crippen molar-refractivity contribution in [3.8, 4) is 5.75 Å². The van der Waals surface area contributed by atoms with E-state index in [1.807, 2.05) is 24.3 Å². The topological polar surface area (TPSA) is 73.3 Å². The molecule has 0 saturated carbocycles. The van der Waals surface area contributed by atoms with Gasteiger partial charge in [0.05, 0.1) is 12.6 Å². The summed E-state index contributed by atoms with van der Waals surface area (Å²) in [6.45, 7) is 2.73. The highest BCUT2D eigenvalue weighted by Gasteiger charge is 2.16. The number of nitrogen functional groups attached to an aromatic ring is 1. The molecule has 0 aliphatic heterocycles. The molecule has 5 heteroatoms. The molecule has 1 atom stereocenters. The Bertz CT molecular complexity index is 587. The van der Waals surface area contributed by atoms with Crippen LogP contribution in [0.15, 0.2) is 42.5 Å². The van der Waals surface area contributed by atoms with E-state index in [-0.39, 0.29) is 11.9 Å². The van der Waals surface area contributed by atoms with E-state index in [1.54, 1.807) is 0 Å². The van der Waals surface area contributed by atoms with E-state index in [0.29, 0.717) is 17.9 Å². The van der Waals surface area contributed by atoms with Crippen molar-refractivity contribution in [3.05, 3.63) is 59.4 Å². The van der Waals surface area contributed by atoms with Crippen LogP contribution in [0.25, 0.3) is 0 Å². The Kier molecular flexibility index (Phi) is 5.14. The summed E-state index contributed by atoms with van der Waals surface area (Å²) in [7, 11) is 0. The van der Waals surface area contributed by atoms with Gasteiger partial charge in [-0.2, -0.15) is 0 Å². The van der Waals surface area contributed by atoms with Crippen molar-refractivity contribution in [3.63, 3.8) is 0 Å². The van der Waals surface area contributed by atoms with Crippen molar-refractivity contribution >= 4 is 5.69 Å². The fraction of sp³-hybridized carbons (Fsp3) is 0.250.